The van der Waals surface area contributed by atoms with Crippen molar-refractivity contribution in [3.63, 3.8) is 0 Å². The van der Waals surface area contributed by atoms with Gasteiger partial charge in [-0.1, -0.05) is 24.3 Å². The maximum Gasteiger partial charge on any atom is 0.276 e. The van der Waals surface area contributed by atoms with Gasteiger partial charge in [-0.2, -0.15) is 0 Å². The van der Waals surface area contributed by atoms with Gasteiger partial charge in [0.1, 0.15) is 5.69 Å². The van der Waals surface area contributed by atoms with E-state index in [2.05, 4.69) is 28.3 Å². The fourth-order valence-corrected chi connectivity index (χ4v) is 3.00. The largest absolute Gasteiger partial charge is 0.366 e. The van der Waals surface area contributed by atoms with Gasteiger partial charge in [-0.3, -0.25) is 19.9 Å². The summed E-state index contributed by atoms with van der Waals surface area (Å²) in [4.78, 5) is 31.5. The number of thiazole rings is 1. The third kappa shape index (κ3) is 3.19. The summed E-state index contributed by atoms with van der Waals surface area (Å²) in [5.74, 6) is -0.960. The van der Waals surface area contributed by atoms with Crippen LogP contribution in [0.1, 0.15) is 33.3 Å². The van der Waals surface area contributed by atoms with Gasteiger partial charge in [0.15, 0.2) is 5.13 Å². The van der Waals surface area contributed by atoms with Crippen LogP contribution in [0.3, 0.4) is 0 Å². The number of amides is 2. The van der Waals surface area contributed by atoms with Crippen LogP contribution in [-0.2, 0) is 6.42 Å². The smallest absolute Gasteiger partial charge is 0.276 e. The molecule has 2 amide bonds. The van der Waals surface area contributed by atoms with E-state index < -0.39 is 5.91 Å². The first kappa shape index (κ1) is 15.1. The zero-order valence-corrected chi connectivity index (χ0v) is 13.2. The number of aryl methyl sites for hydroxylation is 1. The van der Waals surface area contributed by atoms with Crippen molar-refractivity contribution in [2.75, 3.05) is 5.32 Å². The lowest BCUT2D eigenvalue weighted by Gasteiger charge is -2.01. The van der Waals surface area contributed by atoms with Crippen LogP contribution in [0.4, 0.5) is 5.13 Å². The number of fused-ring (bicyclic) bond motifs is 1. The van der Waals surface area contributed by atoms with Crippen molar-refractivity contribution in [1.29, 1.82) is 0 Å². The number of anilines is 1. The number of nitrogens with two attached hydrogens (primary N) is 1. The maximum absolute atomic E-state index is 12.2. The Balaban J connectivity index is 1.80. The van der Waals surface area contributed by atoms with Crippen molar-refractivity contribution >= 4 is 38.5 Å². The molecular weight excluding hydrogens is 312 g/mol. The van der Waals surface area contributed by atoms with Gasteiger partial charge < -0.3 is 5.73 Å². The molecule has 3 rings (SSSR count). The monoisotopic (exact) mass is 326 g/mol. The second-order valence-corrected chi connectivity index (χ2v) is 5.96. The van der Waals surface area contributed by atoms with Gasteiger partial charge in [0.2, 0.25) is 5.91 Å². The molecule has 0 atom stereocenters. The van der Waals surface area contributed by atoms with E-state index in [0.29, 0.717) is 5.13 Å². The van der Waals surface area contributed by atoms with Gasteiger partial charge in [-0.25, -0.2) is 4.98 Å². The number of rotatable bonds is 4. The number of hydrogen-bond acceptors (Lipinski definition) is 5. The van der Waals surface area contributed by atoms with Crippen LogP contribution in [0.2, 0.25) is 0 Å². The summed E-state index contributed by atoms with van der Waals surface area (Å²) in [6.07, 6.45) is 2.23. The maximum atomic E-state index is 12.2. The number of carbonyl (C=O) groups is 2. The van der Waals surface area contributed by atoms with Crippen molar-refractivity contribution in [3.8, 4) is 0 Å². The zero-order valence-electron chi connectivity index (χ0n) is 12.4. The molecule has 3 N–H and O–H groups in total. The second kappa shape index (κ2) is 6.13. The van der Waals surface area contributed by atoms with E-state index in [4.69, 9.17) is 5.73 Å². The van der Waals surface area contributed by atoms with Gasteiger partial charge in [0, 0.05) is 6.20 Å². The molecule has 0 bridgehead atoms. The average Bonchev–Trinajstić information content (AvgIpc) is 2.95. The van der Waals surface area contributed by atoms with E-state index in [1.807, 2.05) is 12.1 Å². The Morgan fingerprint density at radius 2 is 2.09 bits per heavy atom. The number of nitrogens with zero attached hydrogens (tertiary/aromatic N) is 2. The molecule has 2 heterocycles. The number of carbonyl (C=O) groups excluding carboxylic acids is 2. The Kier molecular flexibility index (Phi) is 4.03. The number of primary amides is 1. The molecule has 0 radical (unpaired) electrons. The minimum atomic E-state index is -0.581. The molecule has 0 aliphatic heterocycles. The quantitative estimate of drug-likeness (QED) is 0.770. The van der Waals surface area contributed by atoms with E-state index >= 15 is 0 Å². The summed E-state index contributed by atoms with van der Waals surface area (Å²) < 4.78 is 1.02. The van der Waals surface area contributed by atoms with Crippen LogP contribution in [-0.4, -0.2) is 21.8 Å². The minimum absolute atomic E-state index is 0.198. The topological polar surface area (TPSA) is 98.0 Å². The van der Waals surface area contributed by atoms with Gasteiger partial charge in [-0.05, 0) is 36.2 Å². The van der Waals surface area contributed by atoms with Gasteiger partial charge >= 0.3 is 0 Å². The van der Waals surface area contributed by atoms with E-state index in [0.717, 1.165) is 16.6 Å². The summed E-state index contributed by atoms with van der Waals surface area (Å²) in [7, 11) is 0. The normalized spacial score (nSPS) is 10.7. The Labute approximate surface area is 136 Å². The number of nitrogens with one attached hydrogen (secondary N) is 1. The molecule has 0 spiro atoms. The minimum Gasteiger partial charge on any atom is -0.366 e. The Hall–Kier alpha value is -2.80. The van der Waals surface area contributed by atoms with Crippen LogP contribution in [0.15, 0.2) is 36.5 Å². The number of pyridine rings is 1. The third-order valence-corrected chi connectivity index (χ3v) is 4.30. The first-order valence-corrected chi connectivity index (χ1v) is 7.85. The first-order chi connectivity index (χ1) is 11.1. The predicted molar refractivity (Wildman–Crippen MR) is 89.7 cm³/mol. The molecule has 0 saturated heterocycles. The predicted octanol–water partition coefficient (Wildman–Crippen LogP) is 2.60. The molecule has 1 aromatic carbocycles. The molecule has 7 heteroatoms. The SMILES string of the molecule is CCc1ccc2nc(NC(=O)c3ccc(C(N)=O)cn3)sc2c1. The van der Waals surface area contributed by atoms with Gasteiger partial charge in [-0.15, -0.1) is 0 Å². The Bertz CT molecular complexity index is 887. The van der Waals surface area contributed by atoms with Crippen LogP contribution < -0.4 is 11.1 Å². The molecule has 0 unspecified atom stereocenters. The highest BCUT2D eigenvalue weighted by atomic mass is 32.1. The van der Waals surface area contributed by atoms with Crippen LogP contribution in [0.5, 0.6) is 0 Å². The van der Waals surface area contributed by atoms with Crippen LogP contribution in [0, 0.1) is 0 Å². The summed E-state index contributed by atoms with van der Waals surface area (Å²) >= 11 is 1.41. The second-order valence-electron chi connectivity index (χ2n) is 4.93. The van der Waals surface area contributed by atoms with Gasteiger partial charge in [0.05, 0.1) is 15.8 Å². The molecule has 2 aromatic heterocycles. The Morgan fingerprint density at radius 3 is 2.74 bits per heavy atom. The third-order valence-electron chi connectivity index (χ3n) is 3.36. The summed E-state index contributed by atoms with van der Waals surface area (Å²) in [6, 6.07) is 8.97. The van der Waals surface area contributed by atoms with E-state index in [-0.39, 0.29) is 17.2 Å². The highest BCUT2D eigenvalue weighted by Crippen LogP contribution is 2.27. The lowest BCUT2D eigenvalue weighted by Crippen LogP contribution is -2.15. The number of hydrogen-bond donors (Lipinski definition) is 2. The first-order valence-electron chi connectivity index (χ1n) is 7.03. The number of aromatic nitrogens is 2. The van der Waals surface area contributed by atoms with Crippen LogP contribution >= 0.6 is 11.3 Å². The highest BCUT2D eigenvalue weighted by Gasteiger charge is 2.12. The average molecular weight is 326 g/mol. The van der Waals surface area contributed by atoms with Crippen molar-refractivity contribution in [2.24, 2.45) is 5.73 Å². The lowest BCUT2D eigenvalue weighted by atomic mass is 10.2. The van der Waals surface area contributed by atoms with Crippen LogP contribution in [0.25, 0.3) is 10.2 Å². The van der Waals surface area contributed by atoms with Crippen molar-refractivity contribution in [1.82, 2.24) is 9.97 Å². The molecule has 0 aliphatic carbocycles. The summed E-state index contributed by atoms with van der Waals surface area (Å²) in [5.41, 5.74) is 7.67. The Morgan fingerprint density at radius 1 is 1.26 bits per heavy atom. The van der Waals surface area contributed by atoms with Crippen molar-refractivity contribution in [3.05, 3.63) is 53.3 Å². The standard InChI is InChI=1S/C16H14N4O2S/c1-2-9-3-5-11-13(7-9)23-16(19-11)20-15(22)12-6-4-10(8-18-12)14(17)21/h3-8H,2H2,1H3,(H2,17,21)(H,19,20,22). The van der Waals surface area contributed by atoms with E-state index in [1.165, 1.54) is 35.2 Å². The molecule has 6 nitrogen and oxygen atoms in total. The van der Waals surface area contributed by atoms with Crippen molar-refractivity contribution in [2.45, 2.75) is 13.3 Å². The fraction of sp³-hybridized carbons (Fsp3) is 0.125. The van der Waals surface area contributed by atoms with E-state index in [9.17, 15) is 9.59 Å². The molecule has 116 valence electrons. The molecule has 3 aromatic rings. The van der Waals surface area contributed by atoms with E-state index in [1.54, 1.807) is 0 Å². The highest BCUT2D eigenvalue weighted by molar-refractivity contribution is 7.22. The summed E-state index contributed by atoms with van der Waals surface area (Å²) in [6.45, 7) is 2.09. The van der Waals surface area contributed by atoms with Gasteiger partial charge in [0.25, 0.3) is 5.91 Å². The molecule has 23 heavy (non-hydrogen) atoms. The molecular formula is C16H14N4O2S. The summed E-state index contributed by atoms with van der Waals surface area (Å²) in [5, 5.41) is 3.24. The molecule has 0 fully saturated rings. The lowest BCUT2D eigenvalue weighted by molar-refractivity contribution is 0.0993. The zero-order chi connectivity index (χ0) is 16.4. The fourth-order valence-electron chi connectivity index (χ4n) is 2.08. The van der Waals surface area contributed by atoms with Crippen molar-refractivity contribution < 1.29 is 9.59 Å². The molecule has 0 saturated carbocycles. The number of benzene rings is 1. The molecule has 0 aliphatic rings.